The highest BCUT2D eigenvalue weighted by atomic mass is 16.5. The SMILES string of the molecule is CC(C)CCc1cn(-c2cccc(N(C)c3ccc(OCc4ccccn4)cc3C3CC3)c2)nn1. The standard InChI is InChI=1S/C29H33N5O/c1-21(2)10-13-23-19-34(32-31-23)26-9-6-8-25(17-26)33(3)29-15-14-27(18-28(29)22-11-12-22)35-20-24-7-4-5-16-30-24/h4-9,14-19,21-22H,10-13,20H2,1-3H3. The summed E-state index contributed by atoms with van der Waals surface area (Å²) in [5.74, 6) is 2.14. The Morgan fingerprint density at radius 2 is 1.91 bits per heavy atom. The summed E-state index contributed by atoms with van der Waals surface area (Å²) >= 11 is 0. The van der Waals surface area contributed by atoms with Crippen molar-refractivity contribution >= 4 is 11.4 Å². The largest absolute Gasteiger partial charge is 0.487 e. The van der Waals surface area contributed by atoms with E-state index in [1.165, 1.54) is 24.1 Å². The van der Waals surface area contributed by atoms with Crippen molar-refractivity contribution in [3.8, 4) is 11.4 Å². The summed E-state index contributed by atoms with van der Waals surface area (Å²) in [6.07, 6.45) is 8.37. The molecular formula is C29H33N5O. The Hall–Kier alpha value is -3.67. The number of aryl methyl sites for hydroxylation is 1. The minimum absolute atomic E-state index is 0.471. The highest BCUT2D eigenvalue weighted by Gasteiger charge is 2.28. The first-order valence-electron chi connectivity index (χ1n) is 12.5. The number of hydrogen-bond donors (Lipinski definition) is 0. The maximum atomic E-state index is 6.07. The second kappa shape index (κ2) is 10.3. The number of pyridine rings is 1. The van der Waals surface area contributed by atoms with E-state index in [2.05, 4.69) is 83.6 Å². The van der Waals surface area contributed by atoms with E-state index in [-0.39, 0.29) is 0 Å². The molecule has 1 saturated carbocycles. The number of nitrogens with zero attached hydrogens (tertiary/aromatic N) is 5. The predicted octanol–water partition coefficient (Wildman–Crippen LogP) is 6.48. The monoisotopic (exact) mass is 467 g/mol. The average molecular weight is 468 g/mol. The van der Waals surface area contributed by atoms with E-state index in [9.17, 15) is 0 Å². The van der Waals surface area contributed by atoms with Crippen molar-refractivity contribution in [1.82, 2.24) is 20.0 Å². The van der Waals surface area contributed by atoms with Crippen molar-refractivity contribution in [2.45, 2.75) is 52.1 Å². The summed E-state index contributed by atoms with van der Waals surface area (Å²) in [5, 5.41) is 8.75. The fourth-order valence-corrected chi connectivity index (χ4v) is 4.25. The lowest BCUT2D eigenvalue weighted by Gasteiger charge is -2.24. The van der Waals surface area contributed by atoms with E-state index in [0.29, 0.717) is 18.4 Å². The van der Waals surface area contributed by atoms with Crippen LogP contribution in [0.3, 0.4) is 0 Å². The number of ether oxygens (including phenoxy) is 1. The Kier molecular flexibility index (Phi) is 6.80. The van der Waals surface area contributed by atoms with Gasteiger partial charge in [-0.3, -0.25) is 4.98 Å². The molecule has 4 aromatic rings. The van der Waals surface area contributed by atoms with Crippen LogP contribution in [-0.4, -0.2) is 27.0 Å². The van der Waals surface area contributed by atoms with E-state index < -0.39 is 0 Å². The Bertz CT molecular complexity index is 1260. The van der Waals surface area contributed by atoms with Gasteiger partial charge < -0.3 is 9.64 Å². The van der Waals surface area contributed by atoms with Gasteiger partial charge in [0.15, 0.2) is 0 Å². The molecule has 0 unspecified atom stereocenters. The lowest BCUT2D eigenvalue weighted by molar-refractivity contribution is 0.301. The van der Waals surface area contributed by atoms with E-state index in [0.717, 1.165) is 41.4 Å². The van der Waals surface area contributed by atoms with Gasteiger partial charge in [0, 0.05) is 24.6 Å². The highest BCUT2D eigenvalue weighted by Crippen LogP contribution is 2.46. The normalized spacial score (nSPS) is 13.3. The first-order valence-corrected chi connectivity index (χ1v) is 12.5. The molecule has 6 nitrogen and oxygen atoms in total. The number of aromatic nitrogens is 4. The molecule has 5 rings (SSSR count). The summed E-state index contributed by atoms with van der Waals surface area (Å²) in [6.45, 7) is 4.94. The van der Waals surface area contributed by atoms with E-state index >= 15 is 0 Å². The maximum absolute atomic E-state index is 6.07. The number of rotatable bonds is 10. The van der Waals surface area contributed by atoms with E-state index in [1.54, 1.807) is 6.20 Å². The first kappa shape index (κ1) is 23.1. The van der Waals surface area contributed by atoms with Gasteiger partial charge in [-0.1, -0.05) is 31.2 Å². The number of anilines is 2. The van der Waals surface area contributed by atoms with Gasteiger partial charge in [-0.15, -0.1) is 5.10 Å². The van der Waals surface area contributed by atoms with Crippen LogP contribution in [0.15, 0.2) is 73.1 Å². The van der Waals surface area contributed by atoms with Gasteiger partial charge >= 0.3 is 0 Å². The molecule has 0 spiro atoms. The molecule has 0 atom stereocenters. The van der Waals surface area contributed by atoms with Gasteiger partial charge in [-0.25, -0.2) is 4.68 Å². The van der Waals surface area contributed by atoms with Gasteiger partial charge in [0.1, 0.15) is 12.4 Å². The van der Waals surface area contributed by atoms with Crippen molar-refractivity contribution in [2.24, 2.45) is 5.92 Å². The molecule has 1 aliphatic rings. The Balaban J connectivity index is 1.35. The maximum Gasteiger partial charge on any atom is 0.130 e. The van der Waals surface area contributed by atoms with Crippen LogP contribution in [0.1, 0.15) is 56.0 Å². The van der Waals surface area contributed by atoms with Crippen LogP contribution in [-0.2, 0) is 13.0 Å². The van der Waals surface area contributed by atoms with Crippen molar-refractivity contribution < 1.29 is 4.74 Å². The Morgan fingerprint density at radius 1 is 1.03 bits per heavy atom. The number of hydrogen-bond acceptors (Lipinski definition) is 5. The van der Waals surface area contributed by atoms with Crippen LogP contribution in [0, 0.1) is 5.92 Å². The van der Waals surface area contributed by atoms with Gasteiger partial charge in [0.25, 0.3) is 0 Å². The van der Waals surface area contributed by atoms with Crippen LogP contribution in [0.5, 0.6) is 5.75 Å². The smallest absolute Gasteiger partial charge is 0.130 e. The van der Waals surface area contributed by atoms with Gasteiger partial charge in [0.05, 0.1) is 23.3 Å². The summed E-state index contributed by atoms with van der Waals surface area (Å²) < 4.78 is 7.94. The minimum atomic E-state index is 0.471. The quantitative estimate of drug-likeness (QED) is 0.267. The van der Waals surface area contributed by atoms with E-state index in [4.69, 9.17) is 4.74 Å². The third kappa shape index (κ3) is 5.70. The van der Waals surface area contributed by atoms with Gasteiger partial charge in [0.2, 0.25) is 0 Å². The van der Waals surface area contributed by atoms with Crippen LogP contribution >= 0.6 is 0 Å². The second-order valence-corrected chi connectivity index (χ2v) is 9.77. The molecule has 1 fully saturated rings. The molecule has 0 aliphatic heterocycles. The zero-order chi connectivity index (χ0) is 24.2. The second-order valence-electron chi connectivity index (χ2n) is 9.77. The fourth-order valence-electron chi connectivity index (χ4n) is 4.25. The summed E-state index contributed by atoms with van der Waals surface area (Å²) in [7, 11) is 2.13. The zero-order valence-corrected chi connectivity index (χ0v) is 20.8. The number of benzene rings is 2. The molecule has 35 heavy (non-hydrogen) atoms. The third-order valence-corrected chi connectivity index (χ3v) is 6.49. The lowest BCUT2D eigenvalue weighted by Crippen LogP contribution is -2.12. The highest BCUT2D eigenvalue weighted by molar-refractivity contribution is 5.69. The van der Waals surface area contributed by atoms with Crippen molar-refractivity contribution in [2.75, 3.05) is 11.9 Å². The van der Waals surface area contributed by atoms with Gasteiger partial charge in [-0.05, 0) is 91.6 Å². The first-order chi connectivity index (χ1) is 17.1. The molecule has 6 heteroatoms. The Morgan fingerprint density at radius 3 is 2.69 bits per heavy atom. The summed E-state index contributed by atoms with van der Waals surface area (Å²) in [6, 6.07) is 20.8. The molecule has 0 amide bonds. The molecule has 2 aromatic heterocycles. The minimum Gasteiger partial charge on any atom is -0.487 e. The lowest BCUT2D eigenvalue weighted by atomic mass is 10.1. The molecule has 0 saturated heterocycles. The van der Waals surface area contributed by atoms with Crippen molar-refractivity contribution in [3.05, 3.63) is 90.0 Å². The van der Waals surface area contributed by atoms with Gasteiger partial charge in [-0.2, -0.15) is 0 Å². The van der Waals surface area contributed by atoms with Crippen LogP contribution in [0.4, 0.5) is 11.4 Å². The molecule has 180 valence electrons. The van der Waals surface area contributed by atoms with Crippen molar-refractivity contribution in [1.29, 1.82) is 0 Å². The van der Waals surface area contributed by atoms with Crippen LogP contribution in [0.25, 0.3) is 5.69 Å². The molecule has 0 bridgehead atoms. The Labute approximate surface area is 207 Å². The van der Waals surface area contributed by atoms with Crippen molar-refractivity contribution in [3.63, 3.8) is 0 Å². The predicted molar refractivity (Wildman–Crippen MR) is 140 cm³/mol. The molecule has 2 heterocycles. The zero-order valence-electron chi connectivity index (χ0n) is 20.8. The molecular weight excluding hydrogens is 434 g/mol. The topological polar surface area (TPSA) is 56.1 Å². The molecule has 0 N–H and O–H groups in total. The van der Waals surface area contributed by atoms with Crippen LogP contribution in [0.2, 0.25) is 0 Å². The average Bonchev–Trinajstić information content (AvgIpc) is 3.63. The molecule has 1 aliphatic carbocycles. The molecule has 0 radical (unpaired) electrons. The summed E-state index contributed by atoms with van der Waals surface area (Å²) in [4.78, 5) is 6.62. The third-order valence-electron chi connectivity index (χ3n) is 6.49. The van der Waals surface area contributed by atoms with E-state index in [1.807, 2.05) is 29.1 Å². The molecule has 2 aromatic carbocycles. The fraction of sp³-hybridized carbons (Fsp3) is 0.345. The van der Waals surface area contributed by atoms with Crippen LogP contribution < -0.4 is 9.64 Å². The summed E-state index contributed by atoms with van der Waals surface area (Å²) in [5.41, 5.74) is 6.65.